The lowest BCUT2D eigenvalue weighted by atomic mass is 10.1. The Morgan fingerprint density at radius 3 is 2.83 bits per heavy atom. The normalized spacial score (nSPS) is 19.8. The van der Waals surface area contributed by atoms with E-state index in [1.54, 1.807) is 7.11 Å². The Hall–Kier alpha value is -1.06. The third kappa shape index (κ3) is 3.24. The molecule has 1 aromatic rings. The molecule has 3 nitrogen and oxygen atoms in total. The molecule has 0 radical (unpaired) electrons. The van der Waals surface area contributed by atoms with Crippen LogP contribution in [0.25, 0.3) is 0 Å². The molecule has 1 saturated heterocycles. The highest BCUT2D eigenvalue weighted by Crippen LogP contribution is 2.25. The topological polar surface area (TPSA) is 24.5 Å². The number of ether oxygens (including phenoxy) is 1. The minimum atomic E-state index is 0.385. The van der Waals surface area contributed by atoms with E-state index in [2.05, 4.69) is 48.3 Å². The molecular weight excluding hydrogens is 224 g/mol. The van der Waals surface area contributed by atoms with E-state index in [0.717, 1.165) is 26.1 Å². The largest absolute Gasteiger partial charge is 0.380 e. The molecule has 0 aromatic heterocycles. The lowest BCUT2D eigenvalue weighted by Gasteiger charge is -2.22. The molecule has 0 bridgehead atoms. The quantitative estimate of drug-likeness (QED) is 0.866. The van der Waals surface area contributed by atoms with Crippen molar-refractivity contribution in [1.29, 1.82) is 0 Å². The summed E-state index contributed by atoms with van der Waals surface area (Å²) in [5.74, 6) is 0. The van der Waals surface area contributed by atoms with Crippen molar-refractivity contribution in [2.45, 2.75) is 39.0 Å². The van der Waals surface area contributed by atoms with Crippen molar-refractivity contribution < 1.29 is 4.74 Å². The van der Waals surface area contributed by atoms with E-state index in [4.69, 9.17) is 4.74 Å². The molecule has 100 valence electrons. The second-order valence-corrected chi connectivity index (χ2v) is 5.26. The van der Waals surface area contributed by atoms with E-state index >= 15 is 0 Å². The van der Waals surface area contributed by atoms with Gasteiger partial charge in [0.25, 0.3) is 0 Å². The van der Waals surface area contributed by atoms with Crippen LogP contribution in [-0.4, -0.2) is 32.3 Å². The number of hydrogen-bond acceptors (Lipinski definition) is 3. The zero-order chi connectivity index (χ0) is 13.0. The predicted molar refractivity (Wildman–Crippen MR) is 76.0 cm³/mol. The van der Waals surface area contributed by atoms with Gasteiger partial charge in [-0.25, -0.2) is 0 Å². The van der Waals surface area contributed by atoms with E-state index in [0.29, 0.717) is 12.1 Å². The second-order valence-electron chi connectivity index (χ2n) is 5.26. The maximum absolute atomic E-state index is 5.44. The van der Waals surface area contributed by atoms with Crippen molar-refractivity contribution in [2.75, 3.05) is 25.1 Å². The molecule has 0 amide bonds. The van der Waals surface area contributed by atoms with E-state index in [1.807, 2.05) is 0 Å². The van der Waals surface area contributed by atoms with Crippen LogP contribution in [0.4, 0.5) is 5.69 Å². The van der Waals surface area contributed by atoms with Crippen molar-refractivity contribution in [2.24, 2.45) is 0 Å². The fourth-order valence-electron chi connectivity index (χ4n) is 2.42. The summed E-state index contributed by atoms with van der Waals surface area (Å²) < 4.78 is 5.44. The monoisotopic (exact) mass is 248 g/mol. The number of benzene rings is 1. The summed E-state index contributed by atoms with van der Waals surface area (Å²) in [6.45, 7) is 7.40. The lowest BCUT2D eigenvalue weighted by Crippen LogP contribution is -2.26. The van der Waals surface area contributed by atoms with Gasteiger partial charge in [-0.2, -0.15) is 0 Å². The van der Waals surface area contributed by atoms with Gasteiger partial charge in [0.1, 0.15) is 0 Å². The lowest BCUT2D eigenvalue weighted by molar-refractivity contribution is 0.121. The standard InChI is InChI=1S/C15H24N2O/c1-12(2)16-10-13-6-4-5-7-15(13)17-9-8-14(11-17)18-3/h4-7,12,14,16H,8-11H2,1-3H3. The molecule has 1 aliphatic rings. The number of nitrogens with zero attached hydrogens (tertiary/aromatic N) is 1. The van der Waals surface area contributed by atoms with Crippen molar-refractivity contribution in [3.8, 4) is 0 Å². The van der Waals surface area contributed by atoms with E-state index < -0.39 is 0 Å². The fraction of sp³-hybridized carbons (Fsp3) is 0.600. The molecule has 1 N–H and O–H groups in total. The Morgan fingerprint density at radius 1 is 1.39 bits per heavy atom. The highest BCUT2D eigenvalue weighted by molar-refractivity contribution is 5.54. The SMILES string of the molecule is COC1CCN(c2ccccc2CNC(C)C)C1. The summed E-state index contributed by atoms with van der Waals surface area (Å²) >= 11 is 0. The Kier molecular flexibility index (Phi) is 4.61. The molecule has 18 heavy (non-hydrogen) atoms. The number of rotatable bonds is 5. The summed E-state index contributed by atoms with van der Waals surface area (Å²) in [5, 5.41) is 3.49. The Balaban J connectivity index is 2.07. The average molecular weight is 248 g/mol. The summed E-state index contributed by atoms with van der Waals surface area (Å²) in [6, 6.07) is 9.18. The minimum absolute atomic E-state index is 0.385. The molecule has 1 aromatic carbocycles. The average Bonchev–Trinajstić information content (AvgIpc) is 2.85. The fourth-order valence-corrected chi connectivity index (χ4v) is 2.42. The van der Waals surface area contributed by atoms with Gasteiger partial charge in [-0.15, -0.1) is 0 Å². The first kappa shape index (κ1) is 13.4. The van der Waals surface area contributed by atoms with Gasteiger partial charge in [-0.3, -0.25) is 0 Å². The van der Waals surface area contributed by atoms with Gasteiger partial charge in [0.2, 0.25) is 0 Å². The highest BCUT2D eigenvalue weighted by Gasteiger charge is 2.23. The number of anilines is 1. The van der Waals surface area contributed by atoms with Gasteiger partial charge in [-0.1, -0.05) is 32.0 Å². The summed E-state index contributed by atoms with van der Waals surface area (Å²) in [5.41, 5.74) is 2.73. The molecule has 1 aliphatic heterocycles. The molecular formula is C15H24N2O. The van der Waals surface area contributed by atoms with Crippen molar-refractivity contribution in [3.05, 3.63) is 29.8 Å². The Morgan fingerprint density at radius 2 is 2.17 bits per heavy atom. The van der Waals surface area contributed by atoms with Crippen molar-refractivity contribution in [3.63, 3.8) is 0 Å². The first-order valence-electron chi connectivity index (χ1n) is 6.79. The van der Waals surface area contributed by atoms with Crippen LogP contribution in [0.5, 0.6) is 0 Å². The van der Waals surface area contributed by atoms with Crippen molar-refractivity contribution >= 4 is 5.69 Å². The van der Waals surface area contributed by atoms with Crippen LogP contribution >= 0.6 is 0 Å². The van der Waals surface area contributed by atoms with Gasteiger partial charge in [0.05, 0.1) is 6.10 Å². The van der Waals surface area contributed by atoms with Gasteiger partial charge >= 0.3 is 0 Å². The maximum atomic E-state index is 5.44. The number of nitrogens with one attached hydrogen (secondary N) is 1. The maximum Gasteiger partial charge on any atom is 0.0762 e. The van der Waals surface area contributed by atoms with Crippen LogP contribution in [0.1, 0.15) is 25.8 Å². The van der Waals surface area contributed by atoms with Gasteiger partial charge in [0, 0.05) is 38.5 Å². The molecule has 1 heterocycles. The summed E-state index contributed by atoms with van der Waals surface area (Å²) in [4.78, 5) is 2.44. The minimum Gasteiger partial charge on any atom is -0.380 e. The van der Waals surface area contributed by atoms with Gasteiger partial charge in [0.15, 0.2) is 0 Å². The van der Waals surface area contributed by atoms with Gasteiger partial charge in [-0.05, 0) is 18.1 Å². The molecule has 0 aliphatic carbocycles. The van der Waals surface area contributed by atoms with E-state index in [1.165, 1.54) is 11.3 Å². The molecule has 1 unspecified atom stereocenters. The molecule has 0 spiro atoms. The number of hydrogen-bond donors (Lipinski definition) is 1. The molecule has 1 atom stereocenters. The van der Waals surface area contributed by atoms with Crippen LogP contribution < -0.4 is 10.2 Å². The van der Waals surface area contributed by atoms with Crippen molar-refractivity contribution in [1.82, 2.24) is 5.32 Å². The summed E-state index contributed by atoms with van der Waals surface area (Å²) in [7, 11) is 1.81. The number of methoxy groups -OCH3 is 1. The molecule has 2 rings (SSSR count). The number of para-hydroxylation sites is 1. The van der Waals surface area contributed by atoms with Crippen LogP contribution in [-0.2, 0) is 11.3 Å². The van der Waals surface area contributed by atoms with Crippen LogP contribution in [0.3, 0.4) is 0 Å². The third-order valence-electron chi connectivity index (χ3n) is 3.51. The first-order valence-corrected chi connectivity index (χ1v) is 6.79. The third-order valence-corrected chi connectivity index (χ3v) is 3.51. The van der Waals surface area contributed by atoms with E-state index in [-0.39, 0.29) is 0 Å². The molecule has 0 saturated carbocycles. The van der Waals surface area contributed by atoms with Crippen LogP contribution in [0.2, 0.25) is 0 Å². The zero-order valence-corrected chi connectivity index (χ0v) is 11.6. The zero-order valence-electron chi connectivity index (χ0n) is 11.6. The van der Waals surface area contributed by atoms with Gasteiger partial charge < -0.3 is 15.0 Å². The smallest absolute Gasteiger partial charge is 0.0762 e. The highest BCUT2D eigenvalue weighted by atomic mass is 16.5. The second kappa shape index (κ2) is 6.21. The van der Waals surface area contributed by atoms with Crippen LogP contribution in [0.15, 0.2) is 24.3 Å². The van der Waals surface area contributed by atoms with E-state index in [9.17, 15) is 0 Å². The first-order chi connectivity index (χ1) is 8.70. The predicted octanol–water partition coefficient (Wildman–Crippen LogP) is 2.41. The summed E-state index contributed by atoms with van der Waals surface area (Å²) in [6.07, 6.45) is 1.51. The molecule has 3 heteroatoms. The van der Waals surface area contributed by atoms with Crippen LogP contribution in [0, 0.1) is 0 Å². The Bertz CT molecular complexity index is 379. The Labute approximate surface area is 110 Å². The molecule has 1 fully saturated rings.